The topological polar surface area (TPSA) is 71.1 Å². The summed E-state index contributed by atoms with van der Waals surface area (Å²) in [4.78, 5) is 24.4. The predicted molar refractivity (Wildman–Crippen MR) is 258 cm³/mol. The normalized spacial score (nSPS) is 26.8. The van der Waals surface area contributed by atoms with Crippen LogP contribution in [0.1, 0.15) is 176 Å². The molecule has 0 unspecified atom stereocenters. The fourth-order valence-electron chi connectivity index (χ4n) is 12.6. The van der Waals surface area contributed by atoms with Crippen molar-refractivity contribution in [3.05, 3.63) is 72.3 Å². The summed E-state index contributed by atoms with van der Waals surface area (Å²) in [5, 5.41) is 0. The number of benzene rings is 2. The molecule has 2 aromatic rings. The van der Waals surface area contributed by atoms with Crippen LogP contribution in [0.25, 0.3) is 11.1 Å². The number of carbonyl (C=O) groups excluding carboxylic acids is 2. The fourth-order valence-corrected chi connectivity index (χ4v) is 12.6. The van der Waals surface area contributed by atoms with E-state index in [-0.39, 0.29) is 18.0 Å². The lowest BCUT2D eigenvalue weighted by Crippen LogP contribution is -2.51. The lowest BCUT2D eigenvalue weighted by molar-refractivity contribution is -0.151. The van der Waals surface area contributed by atoms with Crippen LogP contribution in [-0.2, 0) is 19.1 Å². The number of fused-ring (bicyclic) bond motifs is 5. The van der Waals surface area contributed by atoms with Gasteiger partial charge in [-0.1, -0.05) is 116 Å². The molecule has 348 valence electrons. The average Bonchev–Trinajstić information content (AvgIpc) is 3.63. The second kappa shape index (κ2) is 23.6. The first-order valence-electron chi connectivity index (χ1n) is 25.5. The molecule has 4 aliphatic rings. The summed E-state index contributed by atoms with van der Waals surface area (Å²) in [6, 6.07) is 16.5. The van der Waals surface area contributed by atoms with E-state index < -0.39 is 0 Å². The molecule has 3 saturated carbocycles. The van der Waals surface area contributed by atoms with Gasteiger partial charge in [-0.3, -0.25) is 4.79 Å². The Hall–Kier alpha value is -3.54. The van der Waals surface area contributed by atoms with Crippen molar-refractivity contribution in [2.45, 2.75) is 182 Å². The SMILES string of the molecule is C=C(C)C(=O)OCCCCCCOc1ccc(-c2ccc(OCCCCCCCC(=O)O[C@H]3CC[C@@]4(C)C(=CC[C@H]5[C@@H]6CC[C@H]([C@H](C)CCCC(C)C)[C@@]6(C)CC[C@@H]54)C3)cc2)cc1. The van der Waals surface area contributed by atoms with Crippen LogP contribution in [-0.4, -0.2) is 37.9 Å². The minimum absolute atomic E-state index is 0.00210. The molecule has 0 heterocycles. The molecule has 0 bridgehead atoms. The number of esters is 2. The van der Waals surface area contributed by atoms with Gasteiger partial charge in [0.1, 0.15) is 17.6 Å². The smallest absolute Gasteiger partial charge is 0.333 e. The fraction of sp³-hybridized carbons (Fsp3) is 0.684. The van der Waals surface area contributed by atoms with E-state index in [9.17, 15) is 9.59 Å². The summed E-state index contributed by atoms with van der Waals surface area (Å²) >= 11 is 0. The van der Waals surface area contributed by atoms with Gasteiger partial charge in [0.25, 0.3) is 0 Å². The molecular weight excluding hydrogens is 781 g/mol. The van der Waals surface area contributed by atoms with Gasteiger partial charge < -0.3 is 18.9 Å². The third-order valence-corrected chi connectivity index (χ3v) is 16.3. The number of allylic oxidation sites excluding steroid dienone is 1. The summed E-state index contributed by atoms with van der Waals surface area (Å²) in [5.74, 6) is 6.56. The molecule has 0 saturated heterocycles. The largest absolute Gasteiger partial charge is 0.494 e. The monoisotopic (exact) mass is 865 g/mol. The third kappa shape index (κ3) is 13.3. The van der Waals surface area contributed by atoms with Gasteiger partial charge in [-0.2, -0.15) is 0 Å². The molecule has 0 aromatic heterocycles. The van der Waals surface area contributed by atoms with E-state index in [1.807, 2.05) is 24.3 Å². The summed E-state index contributed by atoms with van der Waals surface area (Å²) in [6.07, 6.45) is 26.5. The maximum absolute atomic E-state index is 13.0. The molecule has 6 nitrogen and oxygen atoms in total. The molecule has 6 heteroatoms. The highest BCUT2D eigenvalue weighted by Gasteiger charge is 2.59. The molecule has 2 aromatic carbocycles. The Bertz CT molecular complexity index is 1780. The molecular formula is C57H84O6. The Kier molecular flexibility index (Phi) is 18.3. The second-order valence-electron chi connectivity index (χ2n) is 21.2. The lowest BCUT2D eigenvalue weighted by atomic mass is 9.47. The first-order chi connectivity index (χ1) is 30.4. The Morgan fingerprint density at radius 2 is 1.30 bits per heavy atom. The van der Waals surface area contributed by atoms with Crippen LogP contribution >= 0.6 is 0 Å². The highest BCUT2D eigenvalue weighted by Crippen LogP contribution is 2.67. The Balaban J connectivity index is 0.805. The van der Waals surface area contributed by atoms with E-state index >= 15 is 0 Å². The zero-order valence-electron chi connectivity index (χ0n) is 40.4. The van der Waals surface area contributed by atoms with E-state index in [0.29, 0.717) is 42.6 Å². The van der Waals surface area contributed by atoms with Gasteiger partial charge >= 0.3 is 11.9 Å². The van der Waals surface area contributed by atoms with Gasteiger partial charge in [0.15, 0.2) is 0 Å². The van der Waals surface area contributed by atoms with Crippen LogP contribution in [0.2, 0.25) is 0 Å². The summed E-state index contributed by atoms with van der Waals surface area (Å²) in [7, 11) is 0. The highest BCUT2D eigenvalue weighted by atomic mass is 16.5. The van der Waals surface area contributed by atoms with E-state index in [0.717, 1.165) is 129 Å². The van der Waals surface area contributed by atoms with Crippen molar-refractivity contribution in [2.75, 3.05) is 19.8 Å². The summed E-state index contributed by atoms with van der Waals surface area (Å²) in [5.41, 5.74) is 5.16. The zero-order chi connectivity index (χ0) is 44.8. The van der Waals surface area contributed by atoms with Gasteiger partial charge in [0, 0.05) is 18.4 Å². The Morgan fingerprint density at radius 3 is 1.92 bits per heavy atom. The van der Waals surface area contributed by atoms with Crippen molar-refractivity contribution in [1.29, 1.82) is 0 Å². The molecule has 0 radical (unpaired) electrons. The predicted octanol–water partition coefficient (Wildman–Crippen LogP) is 15.1. The number of rotatable bonds is 25. The van der Waals surface area contributed by atoms with Crippen LogP contribution in [0.4, 0.5) is 0 Å². The van der Waals surface area contributed by atoms with Crippen molar-refractivity contribution in [3.8, 4) is 22.6 Å². The second-order valence-corrected chi connectivity index (χ2v) is 21.2. The number of hydrogen-bond donors (Lipinski definition) is 0. The number of unbranched alkanes of at least 4 members (excludes halogenated alkanes) is 7. The quantitative estimate of drug-likeness (QED) is 0.0428. The van der Waals surface area contributed by atoms with Gasteiger partial charge in [-0.15, -0.1) is 0 Å². The van der Waals surface area contributed by atoms with Gasteiger partial charge in [0.05, 0.1) is 19.8 Å². The van der Waals surface area contributed by atoms with Crippen molar-refractivity contribution in [3.63, 3.8) is 0 Å². The Labute approximate surface area is 382 Å². The van der Waals surface area contributed by atoms with Gasteiger partial charge in [-0.05, 0) is 172 Å². The number of carbonyl (C=O) groups is 2. The van der Waals surface area contributed by atoms with Crippen LogP contribution in [0.3, 0.4) is 0 Å². The highest BCUT2D eigenvalue weighted by molar-refractivity contribution is 5.86. The van der Waals surface area contributed by atoms with Crippen LogP contribution < -0.4 is 9.47 Å². The molecule has 0 amide bonds. The number of hydrogen-bond acceptors (Lipinski definition) is 6. The van der Waals surface area contributed by atoms with Crippen molar-refractivity contribution in [1.82, 2.24) is 0 Å². The molecule has 0 spiro atoms. The first-order valence-corrected chi connectivity index (χ1v) is 25.5. The third-order valence-electron chi connectivity index (χ3n) is 16.3. The van der Waals surface area contributed by atoms with Crippen LogP contribution in [0, 0.1) is 46.3 Å². The zero-order valence-corrected chi connectivity index (χ0v) is 40.4. The van der Waals surface area contributed by atoms with Gasteiger partial charge in [0.2, 0.25) is 0 Å². The van der Waals surface area contributed by atoms with Crippen molar-refractivity contribution in [2.24, 2.45) is 46.3 Å². The molecule has 3 fully saturated rings. The molecule has 6 rings (SSSR count). The van der Waals surface area contributed by atoms with E-state index in [2.05, 4.69) is 71.5 Å². The maximum atomic E-state index is 13.0. The summed E-state index contributed by atoms with van der Waals surface area (Å²) < 4.78 is 23.3. The van der Waals surface area contributed by atoms with Crippen molar-refractivity contribution >= 4 is 11.9 Å². The van der Waals surface area contributed by atoms with Crippen LogP contribution in [0.5, 0.6) is 11.5 Å². The molecule has 4 aliphatic carbocycles. The first kappa shape index (κ1) is 48.9. The standard InChI is InChI=1S/C57H84O6/c1-41(2)18-17-19-43(5)51-31-32-52-50-30-25-46-40-49(33-35-56(46,6)53(50)34-36-57(51,52)7)63-54(58)20-13-9-8-10-14-37-60-47-26-21-44(22-27-47)45-23-28-48(29-24-45)61-38-15-11-12-16-39-62-55(59)42(3)4/h21-29,41,43,49-53H,3,8-20,30-40H2,1-2,4-7H3/t43-,49+,50+,51-,52+,53+,56+,57-/m1/s1. The molecule has 8 atom stereocenters. The molecule has 0 aliphatic heterocycles. The van der Waals surface area contributed by atoms with Crippen molar-refractivity contribution < 1.29 is 28.5 Å². The number of ether oxygens (including phenoxy) is 4. The maximum Gasteiger partial charge on any atom is 0.333 e. The Morgan fingerprint density at radius 1 is 0.698 bits per heavy atom. The molecule has 0 N–H and O–H groups in total. The summed E-state index contributed by atoms with van der Waals surface area (Å²) in [6.45, 7) is 19.7. The van der Waals surface area contributed by atoms with E-state index in [1.165, 1.54) is 57.8 Å². The minimum Gasteiger partial charge on any atom is -0.494 e. The van der Waals surface area contributed by atoms with Gasteiger partial charge in [-0.25, -0.2) is 4.79 Å². The minimum atomic E-state index is -0.312. The average molecular weight is 865 g/mol. The lowest BCUT2D eigenvalue weighted by Gasteiger charge is -2.58. The molecule has 63 heavy (non-hydrogen) atoms. The van der Waals surface area contributed by atoms with E-state index in [4.69, 9.17) is 18.9 Å². The van der Waals surface area contributed by atoms with E-state index in [1.54, 1.807) is 12.5 Å². The van der Waals surface area contributed by atoms with Crippen LogP contribution in [0.15, 0.2) is 72.3 Å².